The lowest BCUT2D eigenvalue weighted by atomic mass is 10.4. The molecular formula is C11H21F3N2O2S. The van der Waals surface area contributed by atoms with Crippen LogP contribution in [0.2, 0.25) is 0 Å². The van der Waals surface area contributed by atoms with Gasteiger partial charge in [0.15, 0.2) is 0 Å². The molecule has 0 amide bonds. The quantitative estimate of drug-likeness (QED) is 0.695. The van der Waals surface area contributed by atoms with Crippen LogP contribution in [-0.4, -0.2) is 49.8 Å². The fourth-order valence-corrected chi connectivity index (χ4v) is 3.47. The van der Waals surface area contributed by atoms with Gasteiger partial charge in [-0.2, -0.15) is 17.5 Å². The number of nitrogens with one attached hydrogen (secondary N) is 1. The highest BCUT2D eigenvalue weighted by Gasteiger charge is 2.37. The van der Waals surface area contributed by atoms with Crippen LogP contribution in [0.5, 0.6) is 0 Å². The Hall–Kier alpha value is -0.340. The van der Waals surface area contributed by atoms with Crippen molar-refractivity contribution in [2.45, 2.75) is 51.4 Å². The lowest BCUT2D eigenvalue weighted by Gasteiger charge is -2.26. The second kappa shape index (κ2) is 6.41. The normalized spacial score (nSPS) is 17.4. The molecule has 1 N–H and O–H groups in total. The summed E-state index contributed by atoms with van der Waals surface area (Å²) in [6, 6.07) is -0.220. The van der Waals surface area contributed by atoms with Crippen LogP contribution in [-0.2, 0) is 10.0 Å². The highest BCUT2D eigenvalue weighted by atomic mass is 32.2. The van der Waals surface area contributed by atoms with E-state index < -0.39 is 28.8 Å². The number of halogens is 3. The molecule has 0 aromatic rings. The monoisotopic (exact) mass is 302 g/mol. The third-order valence-corrected chi connectivity index (χ3v) is 4.93. The fraction of sp³-hybridized carbons (Fsp3) is 1.00. The van der Waals surface area contributed by atoms with E-state index in [0.717, 1.165) is 12.8 Å². The first-order valence-electron chi connectivity index (χ1n) is 6.41. The van der Waals surface area contributed by atoms with Gasteiger partial charge in [-0.1, -0.05) is 0 Å². The van der Waals surface area contributed by atoms with Gasteiger partial charge in [-0.3, -0.25) is 0 Å². The van der Waals surface area contributed by atoms with E-state index in [4.69, 9.17) is 0 Å². The van der Waals surface area contributed by atoms with Gasteiger partial charge in [-0.25, -0.2) is 8.42 Å². The van der Waals surface area contributed by atoms with E-state index in [0.29, 0.717) is 23.3 Å². The zero-order valence-electron chi connectivity index (χ0n) is 11.2. The van der Waals surface area contributed by atoms with E-state index in [-0.39, 0.29) is 5.75 Å². The standard InChI is InChI=1S/C11H21F3N2O2S/c1-9(2)16(8-11(12,13)14)19(17,18)7-3-6-15-10-4-5-10/h9-10,15H,3-8H2,1-2H3. The van der Waals surface area contributed by atoms with E-state index in [1.54, 1.807) is 0 Å². The van der Waals surface area contributed by atoms with Crippen LogP contribution >= 0.6 is 0 Å². The van der Waals surface area contributed by atoms with E-state index >= 15 is 0 Å². The summed E-state index contributed by atoms with van der Waals surface area (Å²) in [6.45, 7) is 2.02. The first kappa shape index (κ1) is 16.7. The third kappa shape index (κ3) is 6.58. The number of rotatable bonds is 8. The molecule has 1 rings (SSSR count). The molecule has 0 atom stereocenters. The molecule has 1 aliphatic rings. The predicted molar refractivity (Wildman–Crippen MR) is 67.3 cm³/mol. The minimum Gasteiger partial charge on any atom is -0.314 e. The first-order chi connectivity index (χ1) is 8.62. The van der Waals surface area contributed by atoms with Crippen molar-refractivity contribution < 1.29 is 21.6 Å². The van der Waals surface area contributed by atoms with Crippen molar-refractivity contribution >= 4 is 10.0 Å². The molecule has 8 heteroatoms. The maximum absolute atomic E-state index is 12.4. The molecule has 114 valence electrons. The number of alkyl halides is 3. The minimum absolute atomic E-state index is 0.249. The Kier molecular flexibility index (Phi) is 5.64. The summed E-state index contributed by atoms with van der Waals surface area (Å²) in [5.41, 5.74) is 0. The summed E-state index contributed by atoms with van der Waals surface area (Å²) in [5, 5.41) is 3.14. The molecule has 1 saturated carbocycles. The van der Waals surface area contributed by atoms with Gasteiger partial charge < -0.3 is 5.32 Å². The molecule has 0 aliphatic heterocycles. The summed E-state index contributed by atoms with van der Waals surface area (Å²) in [6.07, 6.45) is -1.98. The van der Waals surface area contributed by atoms with E-state index in [1.807, 2.05) is 0 Å². The number of sulfonamides is 1. The van der Waals surface area contributed by atoms with Gasteiger partial charge in [0.1, 0.15) is 6.54 Å². The Morgan fingerprint density at radius 1 is 1.32 bits per heavy atom. The average molecular weight is 302 g/mol. The van der Waals surface area contributed by atoms with Gasteiger partial charge in [-0.15, -0.1) is 0 Å². The summed E-state index contributed by atoms with van der Waals surface area (Å²) in [7, 11) is -3.86. The van der Waals surface area contributed by atoms with Crippen LogP contribution in [0.25, 0.3) is 0 Å². The maximum atomic E-state index is 12.4. The van der Waals surface area contributed by atoms with Crippen LogP contribution in [0.3, 0.4) is 0 Å². The van der Waals surface area contributed by atoms with E-state index in [9.17, 15) is 21.6 Å². The van der Waals surface area contributed by atoms with Crippen molar-refractivity contribution in [3.05, 3.63) is 0 Å². The highest BCUT2D eigenvalue weighted by Crippen LogP contribution is 2.21. The average Bonchev–Trinajstić information content (AvgIpc) is 3.03. The van der Waals surface area contributed by atoms with Crippen molar-refractivity contribution in [1.82, 2.24) is 9.62 Å². The van der Waals surface area contributed by atoms with Gasteiger partial charge in [0.25, 0.3) is 0 Å². The molecule has 19 heavy (non-hydrogen) atoms. The SMILES string of the molecule is CC(C)N(CC(F)(F)F)S(=O)(=O)CCCNC1CC1. The van der Waals surface area contributed by atoms with Crippen molar-refractivity contribution in [2.75, 3.05) is 18.8 Å². The van der Waals surface area contributed by atoms with Crippen molar-refractivity contribution in [3.63, 3.8) is 0 Å². The van der Waals surface area contributed by atoms with Crippen LogP contribution in [0.15, 0.2) is 0 Å². The molecular weight excluding hydrogens is 281 g/mol. The minimum atomic E-state index is -4.51. The Morgan fingerprint density at radius 2 is 1.89 bits per heavy atom. The highest BCUT2D eigenvalue weighted by molar-refractivity contribution is 7.89. The fourth-order valence-electron chi connectivity index (χ4n) is 1.74. The lowest BCUT2D eigenvalue weighted by Crippen LogP contribution is -2.44. The zero-order valence-corrected chi connectivity index (χ0v) is 12.0. The molecule has 0 unspecified atom stereocenters. The maximum Gasteiger partial charge on any atom is 0.402 e. The summed E-state index contributed by atoms with van der Waals surface area (Å²) < 4.78 is 61.5. The van der Waals surface area contributed by atoms with E-state index in [1.165, 1.54) is 13.8 Å². The van der Waals surface area contributed by atoms with Gasteiger partial charge in [0.2, 0.25) is 10.0 Å². The summed E-state index contributed by atoms with van der Waals surface area (Å²) in [5.74, 6) is -0.249. The largest absolute Gasteiger partial charge is 0.402 e. The van der Waals surface area contributed by atoms with Gasteiger partial charge in [-0.05, 0) is 39.7 Å². The van der Waals surface area contributed by atoms with Crippen molar-refractivity contribution in [3.8, 4) is 0 Å². The Bertz CT molecular complexity index is 378. The molecule has 0 bridgehead atoms. The Morgan fingerprint density at radius 3 is 2.32 bits per heavy atom. The third-order valence-electron chi connectivity index (χ3n) is 2.86. The smallest absolute Gasteiger partial charge is 0.314 e. The van der Waals surface area contributed by atoms with Gasteiger partial charge in [0.05, 0.1) is 5.75 Å². The van der Waals surface area contributed by atoms with Crippen LogP contribution in [0, 0.1) is 0 Å². The molecule has 0 spiro atoms. The Labute approximate surface area is 112 Å². The van der Waals surface area contributed by atoms with Crippen LogP contribution < -0.4 is 5.32 Å². The molecule has 0 radical (unpaired) electrons. The molecule has 0 heterocycles. The van der Waals surface area contributed by atoms with Crippen LogP contribution in [0.1, 0.15) is 33.1 Å². The summed E-state index contributed by atoms with van der Waals surface area (Å²) >= 11 is 0. The molecule has 0 aromatic carbocycles. The molecule has 1 aliphatic carbocycles. The number of hydrogen-bond acceptors (Lipinski definition) is 3. The van der Waals surface area contributed by atoms with Crippen LogP contribution in [0.4, 0.5) is 13.2 Å². The zero-order chi connectivity index (χ0) is 14.7. The lowest BCUT2D eigenvalue weighted by molar-refractivity contribution is -0.138. The predicted octanol–water partition coefficient (Wildman–Crippen LogP) is 1.73. The molecule has 0 aromatic heterocycles. The first-order valence-corrected chi connectivity index (χ1v) is 8.02. The number of hydrogen-bond donors (Lipinski definition) is 1. The molecule has 1 fully saturated rings. The topological polar surface area (TPSA) is 49.4 Å². The van der Waals surface area contributed by atoms with Gasteiger partial charge >= 0.3 is 6.18 Å². The molecule has 0 saturated heterocycles. The number of nitrogens with zero attached hydrogens (tertiary/aromatic N) is 1. The van der Waals surface area contributed by atoms with Crippen molar-refractivity contribution in [1.29, 1.82) is 0 Å². The second-order valence-electron chi connectivity index (χ2n) is 5.15. The second-order valence-corrected chi connectivity index (χ2v) is 7.19. The van der Waals surface area contributed by atoms with Crippen molar-refractivity contribution in [2.24, 2.45) is 0 Å². The van der Waals surface area contributed by atoms with Gasteiger partial charge in [0, 0.05) is 12.1 Å². The summed E-state index contributed by atoms with van der Waals surface area (Å²) in [4.78, 5) is 0. The Balaban J connectivity index is 2.48. The molecule has 4 nitrogen and oxygen atoms in total. The van der Waals surface area contributed by atoms with E-state index in [2.05, 4.69) is 5.32 Å².